The fraction of sp³-hybridized carbons (Fsp3) is 0.464. The summed E-state index contributed by atoms with van der Waals surface area (Å²) in [6, 6.07) is 5.16. The molecule has 220 valence electrons. The van der Waals surface area contributed by atoms with Gasteiger partial charge >= 0.3 is 0 Å². The predicted molar refractivity (Wildman–Crippen MR) is 152 cm³/mol. The van der Waals surface area contributed by atoms with Crippen molar-refractivity contribution in [1.82, 2.24) is 24.6 Å². The number of nitrogens with zero attached hydrogens (tertiary/aromatic N) is 5. The van der Waals surface area contributed by atoms with Crippen LogP contribution < -0.4 is 10.1 Å². The van der Waals surface area contributed by atoms with E-state index in [0.29, 0.717) is 17.2 Å². The Morgan fingerprint density at radius 1 is 1.10 bits per heavy atom. The van der Waals surface area contributed by atoms with E-state index in [-0.39, 0.29) is 35.0 Å². The minimum absolute atomic E-state index is 0.119. The third-order valence-corrected chi connectivity index (χ3v) is 7.73. The number of nitrogens with one attached hydrogen (secondary N) is 1. The molecule has 0 aliphatic carbocycles. The first kappa shape index (κ1) is 30.4. The highest BCUT2D eigenvalue weighted by molar-refractivity contribution is 7.18. The normalized spacial score (nSPS) is 18.1. The lowest BCUT2D eigenvalue weighted by Gasteiger charge is -2.32. The largest absolute Gasteiger partial charge is 0.481 e. The Balaban J connectivity index is 1.77. The van der Waals surface area contributed by atoms with Gasteiger partial charge in [-0.1, -0.05) is 36.9 Å². The molecule has 3 aromatic rings. The molecule has 1 unspecified atom stereocenters. The van der Waals surface area contributed by atoms with Crippen molar-refractivity contribution in [2.45, 2.75) is 58.2 Å². The van der Waals surface area contributed by atoms with Gasteiger partial charge in [0.05, 0.1) is 24.0 Å². The van der Waals surface area contributed by atoms with Crippen molar-refractivity contribution >= 4 is 26.9 Å². The number of rotatable bonds is 7. The van der Waals surface area contributed by atoms with Crippen LogP contribution in [-0.2, 0) is 15.0 Å². The average Bonchev–Trinajstić information content (AvgIpc) is 3.38. The summed E-state index contributed by atoms with van der Waals surface area (Å²) >= 11 is 0. The Morgan fingerprint density at radius 2 is 1.73 bits per heavy atom. The van der Waals surface area contributed by atoms with Gasteiger partial charge in [0.15, 0.2) is 11.4 Å². The van der Waals surface area contributed by atoms with Crippen LogP contribution in [0.25, 0.3) is 16.9 Å². The van der Waals surface area contributed by atoms with E-state index >= 15 is 0 Å². The van der Waals surface area contributed by atoms with Crippen molar-refractivity contribution in [2.24, 2.45) is 11.8 Å². The van der Waals surface area contributed by atoms with Crippen LogP contribution >= 0.6 is 9.24 Å². The van der Waals surface area contributed by atoms with Crippen molar-refractivity contribution in [1.29, 1.82) is 0 Å². The first-order valence-corrected chi connectivity index (χ1v) is 13.6. The number of likely N-dealkylation sites (tertiary alicyclic amines) is 1. The fourth-order valence-electron chi connectivity index (χ4n) is 4.39. The molecule has 0 spiro atoms. The molecular formula is C28H34F3N6O3P. The zero-order valence-corrected chi connectivity index (χ0v) is 25.2. The SMILES string of the molecule is C[C@H]1C(=O)N(C)C[C@@H]1C(=O)Nc1cc(-c2cc(F)cc(OC(C)(C)C(F)(F)P)c2)n(-c2cnc(C(C)(C)C)nc2)n1. The zero-order valence-electron chi connectivity index (χ0n) is 24.0. The molecule has 1 fully saturated rings. The molecule has 13 heteroatoms. The summed E-state index contributed by atoms with van der Waals surface area (Å²) in [7, 11) is 3.08. The zero-order chi connectivity index (χ0) is 30.5. The molecular weight excluding hydrogens is 556 g/mol. The van der Waals surface area contributed by atoms with Gasteiger partial charge in [0.25, 0.3) is 5.66 Å². The quantitative estimate of drug-likeness (QED) is 0.387. The molecule has 0 saturated carbocycles. The van der Waals surface area contributed by atoms with Crippen molar-refractivity contribution in [2.75, 3.05) is 18.9 Å². The monoisotopic (exact) mass is 590 g/mol. The van der Waals surface area contributed by atoms with Crippen molar-refractivity contribution in [3.63, 3.8) is 0 Å². The second-order valence-corrected chi connectivity index (χ2v) is 12.6. The summed E-state index contributed by atoms with van der Waals surface area (Å²) < 4.78 is 49.9. The van der Waals surface area contributed by atoms with E-state index in [2.05, 4.69) is 20.4 Å². The molecule has 1 N–H and O–H groups in total. The molecule has 4 rings (SSSR count). The van der Waals surface area contributed by atoms with Crippen molar-refractivity contribution < 1.29 is 27.5 Å². The Bertz CT molecular complexity index is 1460. The molecule has 3 atom stereocenters. The van der Waals surface area contributed by atoms with E-state index in [1.54, 1.807) is 26.4 Å². The van der Waals surface area contributed by atoms with E-state index in [9.17, 15) is 22.8 Å². The summed E-state index contributed by atoms with van der Waals surface area (Å²) in [5.41, 5.74) is -4.58. The predicted octanol–water partition coefficient (Wildman–Crippen LogP) is 5.05. The number of alkyl halides is 2. The van der Waals surface area contributed by atoms with Crippen LogP contribution in [0.5, 0.6) is 5.75 Å². The molecule has 1 aliphatic rings. The number of anilines is 1. The lowest BCUT2D eigenvalue weighted by molar-refractivity contribution is -0.131. The van der Waals surface area contributed by atoms with Gasteiger partial charge in [-0.15, -0.1) is 5.10 Å². The van der Waals surface area contributed by atoms with Crippen LogP contribution in [-0.4, -0.2) is 61.3 Å². The summed E-state index contributed by atoms with van der Waals surface area (Å²) in [5.74, 6) is -1.71. The van der Waals surface area contributed by atoms with Gasteiger partial charge in [0.2, 0.25) is 11.8 Å². The molecule has 41 heavy (non-hydrogen) atoms. The number of halogens is 3. The van der Waals surface area contributed by atoms with Gasteiger partial charge < -0.3 is 15.0 Å². The Morgan fingerprint density at radius 3 is 2.27 bits per heavy atom. The summed E-state index contributed by atoms with van der Waals surface area (Å²) in [5, 5.41) is 7.28. The van der Waals surface area contributed by atoms with Gasteiger partial charge in [0.1, 0.15) is 23.1 Å². The standard InChI is InChI=1S/C28H34F3N6O3P/c1-15-20(14-36(7)24(15)39)23(38)34-22-11-21(37(35-22)18-12-32-25(33-13-18)26(2,3)4)16-8-17(29)10-19(9-16)40-27(5,6)28(30,31)41/h8-13,15,20H,14,41H2,1-7H3,(H,34,35,38)/t15-,20+/m1/s1. The van der Waals surface area contributed by atoms with Gasteiger partial charge in [-0.05, 0) is 26.0 Å². The molecule has 3 heterocycles. The maximum Gasteiger partial charge on any atom is 0.296 e. The van der Waals surface area contributed by atoms with E-state index in [1.165, 1.54) is 50.9 Å². The first-order chi connectivity index (χ1) is 18.9. The van der Waals surface area contributed by atoms with Gasteiger partial charge in [-0.25, -0.2) is 19.0 Å². The number of aromatic nitrogens is 4. The first-order valence-electron chi connectivity index (χ1n) is 13.0. The van der Waals surface area contributed by atoms with E-state index in [0.717, 1.165) is 6.07 Å². The van der Waals surface area contributed by atoms with E-state index in [1.807, 2.05) is 20.8 Å². The van der Waals surface area contributed by atoms with Crippen LogP contribution in [0.3, 0.4) is 0 Å². The Hall–Kier alpha value is -3.53. The molecule has 1 aliphatic heterocycles. The minimum atomic E-state index is -3.29. The smallest absolute Gasteiger partial charge is 0.296 e. The molecule has 9 nitrogen and oxygen atoms in total. The summed E-state index contributed by atoms with van der Waals surface area (Å²) in [6.07, 6.45) is 3.11. The van der Waals surface area contributed by atoms with Crippen molar-refractivity contribution in [3.05, 3.63) is 48.3 Å². The lowest BCUT2D eigenvalue weighted by Crippen LogP contribution is -2.43. The number of carbonyl (C=O) groups is 2. The van der Waals surface area contributed by atoms with Crippen molar-refractivity contribution in [3.8, 4) is 22.7 Å². The number of hydrogen-bond acceptors (Lipinski definition) is 6. The van der Waals surface area contributed by atoms with Crippen LogP contribution in [0.1, 0.15) is 47.4 Å². The number of hydrogen-bond donors (Lipinski definition) is 1. The molecule has 1 saturated heterocycles. The fourth-order valence-corrected chi connectivity index (χ4v) is 4.45. The molecule has 0 radical (unpaired) electrons. The molecule has 2 aromatic heterocycles. The number of ether oxygens (including phenoxy) is 1. The third kappa shape index (κ3) is 6.37. The van der Waals surface area contributed by atoms with Gasteiger partial charge in [0, 0.05) is 42.6 Å². The minimum Gasteiger partial charge on any atom is -0.481 e. The number of amides is 2. The van der Waals surface area contributed by atoms with Crippen LogP contribution in [0.4, 0.5) is 19.0 Å². The lowest BCUT2D eigenvalue weighted by atomic mass is 9.96. The maximum absolute atomic E-state index is 14.8. The van der Waals surface area contributed by atoms with E-state index < -0.39 is 34.8 Å². The Kier molecular flexibility index (Phi) is 7.94. The number of carbonyl (C=O) groups excluding carboxylic acids is 2. The highest BCUT2D eigenvalue weighted by Gasteiger charge is 2.45. The molecule has 1 aromatic carbocycles. The molecule has 2 amide bonds. The van der Waals surface area contributed by atoms with E-state index in [4.69, 9.17) is 4.74 Å². The van der Waals surface area contributed by atoms with Crippen LogP contribution in [0, 0.1) is 17.7 Å². The topological polar surface area (TPSA) is 102 Å². The van der Waals surface area contributed by atoms with Crippen LogP contribution in [0.15, 0.2) is 36.7 Å². The third-order valence-electron chi connectivity index (χ3n) is 7.03. The molecule has 0 bridgehead atoms. The second kappa shape index (κ2) is 10.7. The second-order valence-electron chi connectivity index (χ2n) is 11.9. The van der Waals surface area contributed by atoms with Gasteiger partial charge in [-0.3, -0.25) is 9.59 Å². The summed E-state index contributed by atoms with van der Waals surface area (Å²) in [4.78, 5) is 35.7. The number of benzene rings is 1. The highest BCUT2D eigenvalue weighted by Crippen LogP contribution is 2.39. The highest BCUT2D eigenvalue weighted by atomic mass is 31.0. The summed E-state index contributed by atoms with van der Waals surface area (Å²) in [6.45, 7) is 10.3. The Labute approximate surface area is 239 Å². The average molecular weight is 591 g/mol. The van der Waals surface area contributed by atoms with Crippen LogP contribution in [0.2, 0.25) is 0 Å². The maximum atomic E-state index is 14.8. The van der Waals surface area contributed by atoms with Gasteiger partial charge in [-0.2, -0.15) is 8.78 Å².